The third kappa shape index (κ3) is 3.19. The van der Waals surface area contributed by atoms with Gasteiger partial charge in [0, 0.05) is 25.2 Å². The summed E-state index contributed by atoms with van der Waals surface area (Å²) in [5, 5.41) is 9.40. The van der Waals surface area contributed by atoms with Gasteiger partial charge in [0.05, 0.1) is 12.7 Å². The number of ether oxygens (including phenoxy) is 1. The van der Waals surface area contributed by atoms with E-state index in [2.05, 4.69) is 4.90 Å². The van der Waals surface area contributed by atoms with Crippen molar-refractivity contribution in [2.45, 2.75) is 56.2 Å². The van der Waals surface area contributed by atoms with Gasteiger partial charge in [0.1, 0.15) is 0 Å². The molecule has 0 radical (unpaired) electrons. The van der Waals surface area contributed by atoms with Crippen molar-refractivity contribution in [2.75, 3.05) is 26.8 Å². The maximum atomic E-state index is 9.40. The van der Waals surface area contributed by atoms with Crippen LogP contribution in [0.5, 0.6) is 0 Å². The molecule has 1 aliphatic carbocycles. The first-order valence-electron chi connectivity index (χ1n) is 6.83. The van der Waals surface area contributed by atoms with Crippen molar-refractivity contribution in [3.05, 3.63) is 0 Å². The Balaban J connectivity index is 1.92. The fourth-order valence-corrected chi connectivity index (χ4v) is 3.31. The maximum Gasteiger partial charge on any atom is 0.0698 e. The number of methoxy groups -OCH3 is 1. The Labute approximate surface area is 104 Å². The van der Waals surface area contributed by atoms with Crippen LogP contribution >= 0.6 is 0 Å². The van der Waals surface area contributed by atoms with Crippen molar-refractivity contribution in [3.63, 3.8) is 0 Å². The van der Waals surface area contributed by atoms with Gasteiger partial charge in [0.25, 0.3) is 0 Å². The molecule has 0 aromatic heterocycles. The second kappa shape index (κ2) is 5.65. The van der Waals surface area contributed by atoms with Gasteiger partial charge in [0.2, 0.25) is 0 Å². The molecule has 1 saturated carbocycles. The molecule has 0 aromatic carbocycles. The topological polar surface area (TPSA) is 58.7 Å². The summed E-state index contributed by atoms with van der Waals surface area (Å²) in [7, 11) is 1.80. The quantitative estimate of drug-likeness (QED) is 0.766. The first kappa shape index (κ1) is 13.3. The van der Waals surface area contributed by atoms with E-state index < -0.39 is 0 Å². The number of likely N-dealkylation sites (tertiary alicyclic amines) is 1. The minimum absolute atomic E-state index is 0.116. The summed E-state index contributed by atoms with van der Waals surface area (Å²) in [6.07, 6.45) is 7.01. The summed E-state index contributed by atoms with van der Waals surface area (Å²) >= 11 is 0. The van der Waals surface area contributed by atoms with Gasteiger partial charge in [-0.1, -0.05) is 0 Å². The van der Waals surface area contributed by atoms with Crippen molar-refractivity contribution < 1.29 is 9.84 Å². The van der Waals surface area contributed by atoms with E-state index in [1.807, 2.05) is 0 Å². The van der Waals surface area contributed by atoms with Crippen LogP contribution in [0.2, 0.25) is 0 Å². The molecular weight excluding hydrogens is 216 g/mol. The summed E-state index contributed by atoms with van der Waals surface area (Å²) in [5.74, 6) is 0. The number of nitrogens with zero attached hydrogens (tertiary/aromatic N) is 1. The standard InChI is InChI=1S/C13H26N2O2/c1-17-12-5-3-7-15(9-12)11-4-2-6-13(14,8-11)10-16/h11-12,16H,2-10,14H2,1H3. The Morgan fingerprint density at radius 2 is 2.24 bits per heavy atom. The molecule has 0 aromatic rings. The van der Waals surface area contributed by atoms with Crippen LogP contribution in [0.3, 0.4) is 0 Å². The Hall–Kier alpha value is -0.160. The van der Waals surface area contributed by atoms with Crippen LogP contribution in [0.15, 0.2) is 0 Å². The van der Waals surface area contributed by atoms with E-state index in [1.165, 1.54) is 19.3 Å². The average Bonchev–Trinajstić information content (AvgIpc) is 2.39. The zero-order chi connectivity index (χ0) is 12.3. The SMILES string of the molecule is COC1CCCN(C2CCCC(N)(CO)C2)C1. The smallest absolute Gasteiger partial charge is 0.0698 e. The Morgan fingerprint density at radius 1 is 1.41 bits per heavy atom. The van der Waals surface area contributed by atoms with E-state index in [9.17, 15) is 5.11 Å². The molecule has 2 fully saturated rings. The summed E-state index contributed by atoms with van der Waals surface area (Å²) in [6, 6.07) is 0.541. The van der Waals surface area contributed by atoms with Crippen LogP contribution in [0.4, 0.5) is 0 Å². The number of aliphatic hydroxyl groups is 1. The monoisotopic (exact) mass is 242 g/mol. The second-order valence-electron chi connectivity index (χ2n) is 5.77. The van der Waals surface area contributed by atoms with Gasteiger partial charge < -0.3 is 15.6 Å². The van der Waals surface area contributed by atoms with Crippen LogP contribution < -0.4 is 5.73 Å². The first-order chi connectivity index (χ1) is 8.17. The lowest BCUT2D eigenvalue weighted by atomic mass is 9.79. The molecule has 3 N–H and O–H groups in total. The van der Waals surface area contributed by atoms with E-state index in [-0.39, 0.29) is 12.1 Å². The van der Waals surface area contributed by atoms with Crippen LogP contribution in [0, 0.1) is 0 Å². The van der Waals surface area contributed by atoms with E-state index in [0.717, 1.165) is 32.4 Å². The molecule has 1 saturated heterocycles. The molecule has 2 aliphatic rings. The molecule has 4 heteroatoms. The molecule has 0 bridgehead atoms. The van der Waals surface area contributed by atoms with Crippen molar-refractivity contribution in [1.29, 1.82) is 0 Å². The van der Waals surface area contributed by atoms with Crippen LogP contribution in [-0.4, -0.2) is 54.5 Å². The predicted octanol–water partition coefficient (Wildman–Crippen LogP) is 0.730. The highest BCUT2D eigenvalue weighted by atomic mass is 16.5. The van der Waals surface area contributed by atoms with Gasteiger partial charge in [-0.05, 0) is 45.1 Å². The number of nitrogens with two attached hydrogens (primary N) is 1. The Bertz CT molecular complexity index is 250. The Morgan fingerprint density at radius 3 is 2.94 bits per heavy atom. The fraction of sp³-hybridized carbons (Fsp3) is 1.00. The van der Waals surface area contributed by atoms with Crippen molar-refractivity contribution >= 4 is 0 Å². The van der Waals surface area contributed by atoms with Crippen LogP contribution in [-0.2, 0) is 4.74 Å². The zero-order valence-corrected chi connectivity index (χ0v) is 10.9. The second-order valence-corrected chi connectivity index (χ2v) is 5.77. The van der Waals surface area contributed by atoms with Gasteiger partial charge in [-0.2, -0.15) is 0 Å². The highest BCUT2D eigenvalue weighted by molar-refractivity contribution is 4.94. The summed E-state index contributed by atoms with van der Waals surface area (Å²) in [6.45, 7) is 2.31. The number of hydrogen-bond donors (Lipinski definition) is 2. The third-order valence-corrected chi connectivity index (χ3v) is 4.43. The average molecular weight is 242 g/mol. The molecule has 3 unspecified atom stereocenters. The van der Waals surface area contributed by atoms with Crippen LogP contribution in [0.25, 0.3) is 0 Å². The largest absolute Gasteiger partial charge is 0.394 e. The molecule has 1 heterocycles. The maximum absolute atomic E-state index is 9.40. The van der Waals surface area contributed by atoms with Crippen molar-refractivity contribution in [3.8, 4) is 0 Å². The Kier molecular flexibility index (Phi) is 4.42. The predicted molar refractivity (Wildman–Crippen MR) is 67.9 cm³/mol. The molecule has 100 valence electrons. The zero-order valence-electron chi connectivity index (χ0n) is 10.9. The summed E-state index contributed by atoms with van der Waals surface area (Å²) in [5.41, 5.74) is 5.87. The summed E-state index contributed by atoms with van der Waals surface area (Å²) < 4.78 is 5.47. The van der Waals surface area contributed by atoms with Gasteiger partial charge in [0.15, 0.2) is 0 Å². The molecule has 3 atom stereocenters. The van der Waals surface area contributed by atoms with Crippen molar-refractivity contribution in [2.24, 2.45) is 5.73 Å². The minimum atomic E-state index is -0.344. The van der Waals surface area contributed by atoms with Crippen molar-refractivity contribution in [1.82, 2.24) is 4.90 Å². The molecule has 17 heavy (non-hydrogen) atoms. The normalized spacial score (nSPS) is 40.4. The fourth-order valence-electron chi connectivity index (χ4n) is 3.31. The molecule has 2 rings (SSSR count). The molecular formula is C13H26N2O2. The lowest BCUT2D eigenvalue weighted by molar-refractivity contribution is -0.00401. The molecule has 0 spiro atoms. The van der Waals surface area contributed by atoms with E-state index in [0.29, 0.717) is 12.1 Å². The lowest BCUT2D eigenvalue weighted by Gasteiger charge is -2.44. The van der Waals surface area contributed by atoms with Gasteiger partial charge >= 0.3 is 0 Å². The highest BCUT2D eigenvalue weighted by Crippen LogP contribution is 2.30. The number of aliphatic hydroxyl groups excluding tert-OH is 1. The van der Waals surface area contributed by atoms with Gasteiger partial charge in [-0.15, -0.1) is 0 Å². The molecule has 1 aliphatic heterocycles. The van der Waals surface area contributed by atoms with E-state index in [1.54, 1.807) is 7.11 Å². The number of hydrogen-bond acceptors (Lipinski definition) is 4. The molecule has 4 nitrogen and oxygen atoms in total. The summed E-state index contributed by atoms with van der Waals surface area (Å²) in [4.78, 5) is 2.52. The van der Waals surface area contributed by atoms with E-state index >= 15 is 0 Å². The number of rotatable bonds is 3. The molecule has 0 amide bonds. The lowest BCUT2D eigenvalue weighted by Crippen LogP contribution is -2.55. The third-order valence-electron chi connectivity index (χ3n) is 4.43. The first-order valence-corrected chi connectivity index (χ1v) is 6.83. The minimum Gasteiger partial charge on any atom is -0.394 e. The van der Waals surface area contributed by atoms with Crippen LogP contribution in [0.1, 0.15) is 38.5 Å². The van der Waals surface area contributed by atoms with Gasteiger partial charge in [-0.3, -0.25) is 4.90 Å². The number of piperidine rings is 1. The van der Waals surface area contributed by atoms with E-state index in [4.69, 9.17) is 10.5 Å². The van der Waals surface area contributed by atoms with Gasteiger partial charge in [-0.25, -0.2) is 0 Å². The highest BCUT2D eigenvalue weighted by Gasteiger charge is 2.36.